The van der Waals surface area contributed by atoms with Crippen LogP contribution in [0.25, 0.3) is 32.2 Å². The summed E-state index contributed by atoms with van der Waals surface area (Å²) in [6.45, 7) is 2.64. The van der Waals surface area contributed by atoms with Crippen molar-refractivity contribution in [3.8, 4) is 28.0 Å². The molecule has 0 bridgehead atoms. The maximum absolute atomic E-state index is 9.39. The predicted molar refractivity (Wildman–Crippen MR) is 136 cm³/mol. The molecule has 1 N–H and O–H groups in total. The molecule has 0 aliphatic heterocycles. The molecule has 0 saturated heterocycles. The van der Waals surface area contributed by atoms with Gasteiger partial charge < -0.3 is 4.90 Å². The zero-order chi connectivity index (χ0) is 23.5. The van der Waals surface area contributed by atoms with Crippen molar-refractivity contribution < 1.29 is 0 Å². The van der Waals surface area contributed by atoms with Crippen molar-refractivity contribution in [3.05, 3.63) is 77.7 Å². The Morgan fingerprint density at radius 2 is 1.91 bits per heavy atom. The van der Waals surface area contributed by atoms with Crippen molar-refractivity contribution in [1.29, 1.82) is 5.26 Å². The van der Waals surface area contributed by atoms with Gasteiger partial charge in [-0.15, -0.1) is 11.3 Å². The highest BCUT2D eigenvalue weighted by molar-refractivity contribution is 7.22. The molecule has 7 nitrogen and oxygen atoms in total. The van der Waals surface area contributed by atoms with E-state index in [9.17, 15) is 5.26 Å². The zero-order valence-electron chi connectivity index (χ0n) is 19.0. The number of nitrogens with one attached hydrogen (secondary N) is 1. The van der Waals surface area contributed by atoms with Crippen LogP contribution in [0, 0.1) is 18.3 Å². The maximum atomic E-state index is 9.39. The first kappa shape index (κ1) is 21.7. The summed E-state index contributed by atoms with van der Waals surface area (Å²) in [5.74, 6) is 1.49. The molecular weight excluding hydrogens is 442 g/mol. The Hall–Kier alpha value is -4.09. The highest BCUT2D eigenvalue weighted by Crippen LogP contribution is 2.37. The van der Waals surface area contributed by atoms with Crippen LogP contribution in [0.1, 0.15) is 23.4 Å². The zero-order valence-corrected chi connectivity index (χ0v) is 19.8. The summed E-state index contributed by atoms with van der Waals surface area (Å²) in [5, 5.41) is 17.6. The van der Waals surface area contributed by atoms with Gasteiger partial charge in [0.15, 0.2) is 5.82 Å². The third-order valence-corrected chi connectivity index (χ3v) is 6.81. The molecule has 0 aliphatic carbocycles. The SMILES string of the molecule is Cc1[nH]nc(CCCN(C)c2nc(-c3ccccn3)nc3sc(-c4ccccc4)cc23)c1C#N. The number of rotatable bonds is 7. The molecule has 8 heteroatoms. The minimum absolute atomic E-state index is 0.617. The fourth-order valence-corrected chi connectivity index (χ4v) is 4.98. The van der Waals surface area contributed by atoms with E-state index in [0.717, 1.165) is 62.9 Å². The second-order valence-corrected chi connectivity index (χ2v) is 9.12. The molecule has 1 aromatic carbocycles. The van der Waals surface area contributed by atoms with E-state index in [1.165, 1.54) is 0 Å². The first-order chi connectivity index (χ1) is 16.6. The molecule has 168 valence electrons. The monoisotopic (exact) mass is 465 g/mol. The number of hydrogen-bond donors (Lipinski definition) is 1. The van der Waals surface area contributed by atoms with Gasteiger partial charge in [0.05, 0.1) is 22.3 Å². The minimum atomic E-state index is 0.617. The Labute approximate surface area is 201 Å². The first-order valence-corrected chi connectivity index (χ1v) is 11.9. The van der Waals surface area contributed by atoms with Gasteiger partial charge in [-0.2, -0.15) is 10.4 Å². The Kier molecular flexibility index (Phi) is 6.02. The number of aryl methyl sites for hydroxylation is 2. The number of aromatic amines is 1. The third-order valence-electron chi connectivity index (χ3n) is 5.73. The molecule has 5 rings (SSSR count). The number of H-pyrrole nitrogens is 1. The number of nitriles is 1. The van der Waals surface area contributed by atoms with Crippen molar-refractivity contribution in [2.75, 3.05) is 18.5 Å². The molecule has 0 radical (unpaired) electrons. The summed E-state index contributed by atoms with van der Waals surface area (Å²) in [4.78, 5) is 18.5. The molecule has 0 atom stereocenters. The van der Waals surface area contributed by atoms with Crippen LogP contribution in [0.5, 0.6) is 0 Å². The number of thiophene rings is 1. The number of nitrogens with zero attached hydrogens (tertiary/aromatic N) is 6. The largest absolute Gasteiger partial charge is 0.359 e. The normalized spacial score (nSPS) is 11.0. The molecule has 4 heterocycles. The lowest BCUT2D eigenvalue weighted by molar-refractivity contribution is 0.761. The molecule has 0 spiro atoms. The smallest absolute Gasteiger partial charge is 0.181 e. The fourth-order valence-electron chi connectivity index (χ4n) is 3.95. The van der Waals surface area contributed by atoms with E-state index in [1.807, 2.05) is 50.4 Å². The second-order valence-electron chi connectivity index (χ2n) is 8.09. The number of aromatic nitrogens is 5. The van der Waals surface area contributed by atoms with Crippen LogP contribution in [-0.4, -0.2) is 38.7 Å². The van der Waals surface area contributed by atoms with E-state index >= 15 is 0 Å². The van der Waals surface area contributed by atoms with Gasteiger partial charge in [0.1, 0.15) is 22.4 Å². The number of anilines is 1. The number of fused-ring (bicyclic) bond motifs is 1. The lowest BCUT2D eigenvalue weighted by Gasteiger charge is -2.19. The first-order valence-electron chi connectivity index (χ1n) is 11.1. The molecule has 5 aromatic rings. The minimum Gasteiger partial charge on any atom is -0.359 e. The van der Waals surface area contributed by atoms with Crippen LogP contribution < -0.4 is 4.90 Å². The fraction of sp³-hybridized carbons (Fsp3) is 0.192. The van der Waals surface area contributed by atoms with Crippen molar-refractivity contribution in [3.63, 3.8) is 0 Å². The molecule has 4 aromatic heterocycles. The second kappa shape index (κ2) is 9.41. The van der Waals surface area contributed by atoms with Gasteiger partial charge in [-0.3, -0.25) is 10.1 Å². The highest BCUT2D eigenvalue weighted by Gasteiger charge is 2.17. The van der Waals surface area contributed by atoms with Gasteiger partial charge in [0, 0.05) is 24.7 Å². The molecule has 0 fully saturated rings. The van der Waals surface area contributed by atoms with E-state index < -0.39 is 0 Å². The number of hydrogen-bond acceptors (Lipinski definition) is 7. The number of benzene rings is 1. The van der Waals surface area contributed by atoms with Crippen LogP contribution >= 0.6 is 11.3 Å². The van der Waals surface area contributed by atoms with Gasteiger partial charge in [-0.05, 0) is 43.5 Å². The topological polar surface area (TPSA) is 94.4 Å². The van der Waals surface area contributed by atoms with Gasteiger partial charge >= 0.3 is 0 Å². The summed E-state index contributed by atoms with van der Waals surface area (Å²) in [6, 6.07) is 20.5. The molecule has 0 saturated carbocycles. The summed E-state index contributed by atoms with van der Waals surface area (Å²) >= 11 is 1.66. The van der Waals surface area contributed by atoms with Gasteiger partial charge in [-0.1, -0.05) is 36.4 Å². The Bertz CT molecular complexity index is 1470. The Morgan fingerprint density at radius 1 is 1.09 bits per heavy atom. The third kappa shape index (κ3) is 4.26. The summed E-state index contributed by atoms with van der Waals surface area (Å²) in [7, 11) is 2.05. The van der Waals surface area contributed by atoms with E-state index in [0.29, 0.717) is 11.4 Å². The quantitative estimate of drug-likeness (QED) is 0.346. The Balaban J connectivity index is 1.48. The maximum Gasteiger partial charge on any atom is 0.181 e. The predicted octanol–water partition coefficient (Wildman–Crippen LogP) is 5.39. The van der Waals surface area contributed by atoms with Crippen molar-refractivity contribution in [1.82, 2.24) is 25.1 Å². The molecule has 34 heavy (non-hydrogen) atoms. The van der Waals surface area contributed by atoms with Gasteiger partial charge in [0.25, 0.3) is 0 Å². The molecule has 0 aliphatic rings. The highest BCUT2D eigenvalue weighted by atomic mass is 32.1. The van der Waals surface area contributed by atoms with Crippen molar-refractivity contribution >= 4 is 27.4 Å². The van der Waals surface area contributed by atoms with Crippen molar-refractivity contribution in [2.24, 2.45) is 0 Å². The average molecular weight is 466 g/mol. The summed E-state index contributed by atoms with van der Waals surface area (Å²) in [5.41, 5.74) is 4.19. The molecular formula is C26H23N7S. The van der Waals surface area contributed by atoms with Gasteiger partial charge in [-0.25, -0.2) is 9.97 Å². The van der Waals surface area contributed by atoms with Crippen LogP contribution in [0.15, 0.2) is 60.8 Å². The standard InChI is InChI=1S/C26H23N7S/c1-17-20(16-27)21(32-31-17)12-8-14-33(2)25-19-15-23(18-9-4-3-5-10-18)34-26(19)30-24(29-25)22-11-6-7-13-28-22/h3-7,9-11,13,15H,8,12,14H2,1-2H3,(H,31,32). The lowest BCUT2D eigenvalue weighted by Crippen LogP contribution is -2.21. The van der Waals surface area contributed by atoms with Crippen LogP contribution in [0.2, 0.25) is 0 Å². The van der Waals surface area contributed by atoms with Crippen LogP contribution in [0.4, 0.5) is 5.82 Å². The lowest BCUT2D eigenvalue weighted by atomic mass is 10.1. The average Bonchev–Trinajstić information content (AvgIpc) is 3.47. The van der Waals surface area contributed by atoms with E-state index in [2.05, 4.69) is 44.3 Å². The number of pyridine rings is 1. The summed E-state index contributed by atoms with van der Waals surface area (Å²) < 4.78 is 0. The molecule has 0 amide bonds. The van der Waals surface area contributed by atoms with Gasteiger partial charge in [0.2, 0.25) is 0 Å². The Morgan fingerprint density at radius 3 is 2.68 bits per heavy atom. The molecule has 0 unspecified atom stereocenters. The van der Waals surface area contributed by atoms with E-state index in [-0.39, 0.29) is 0 Å². The van der Waals surface area contributed by atoms with Crippen LogP contribution in [-0.2, 0) is 6.42 Å². The van der Waals surface area contributed by atoms with Crippen LogP contribution in [0.3, 0.4) is 0 Å². The van der Waals surface area contributed by atoms with E-state index in [1.54, 1.807) is 17.5 Å². The summed E-state index contributed by atoms with van der Waals surface area (Å²) in [6.07, 6.45) is 3.32. The van der Waals surface area contributed by atoms with E-state index in [4.69, 9.17) is 9.97 Å². The van der Waals surface area contributed by atoms with Crippen molar-refractivity contribution in [2.45, 2.75) is 19.8 Å².